The number of nitrogens with one attached hydrogen (secondary N) is 1. The van der Waals surface area contributed by atoms with Gasteiger partial charge >= 0.3 is 0 Å². The maximum atomic E-state index is 12.4. The quantitative estimate of drug-likeness (QED) is 0.512. The standard InChI is InChI=1S/C18H21BrClN3O2/c1-23-16(10-15(22-23)13-4-5-13)18(24)21-11-12-3-6-17(14(20)9-12)25-8-2-7-19/h3,6,9-10,13H,2,4-5,7-8,11H2,1H3,(H,21,24). The fourth-order valence-electron chi connectivity index (χ4n) is 2.56. The number of amides is 1. The minimum absolute atomic E-state index is 0.129. The lowest BCUT2D eigenvalue weighted by molar-refractivity contribution is 0.0941. The first kappa shape index (κ1) is 18.3. The Kier molecular flexibility index (Phi) is 6.02. The molecular formula is C18H21BrClN3O2. The van der Waals surface area contributed by atoms with Crippen LogP contribution in [0.4, 0.5) is 0 Å². The summed E-state index contributed by atoms with van der Waals surface area (Å²) < 4.78 is 7.26. The highest BCUT2D eigenvalue weighted by molar-refractivity contribution is 9.09. The largest absolute Gasteiger partial charge is 0.492 e. The molecule has 1 aliphatic rings. The number of rotatable bonds is 8. The summed E-state index contributed by atoms with van der Waals surface area (Å²) in [4.78, 5) is 12.4. The second-order valence-corrected chi connectivity index (χ2v) is 7.39. The van der Waals surface area contributed by atoms with E-state index in [-0.39, 0.29) is 5.91 Å². The minimum Gasteiger partial charge on any atom is -0.492 e. The van der Waals surface area contributed by atoms with Crippen molar-refractivity contribution < 1.29 is 9.53 Å². The number of ether oxygens (including phenoxy) is 1. The van der Waals surface area contributed by atoms with Crippen molar-refractivity contribution in [2.75, 3.05) is 11.9 Å². The van der Waals surface area contributed by atoms with Crippen molar-refractivity contribution in [3.63, 3.8) is 0 Å². The van der Waals surface area contributed by atoms with Crippen LogP contribution in [0.1, 0.15) is 46.9 Å². The molecule has 1 N–H and O–H groups in total. The van der Waals surface area contributed by atoms with Gasteiger partial charge in [0, 0.05) is 24.8 Å². The van der Waals surface area contributed by atoms with Crippen molar-refractivity contribution in [1.82, 2.24) is 15.1 Å². The van der Waals surface area contributed by atoms with Crippen molar-refractivity contribution in [1.29, 1.82) is 0 Å². The van der Waals surface area contributed by atoms with E-state index in [0.29, 0.717) is 35.5 Å². The molecule has 2 aromatic rings. The Morgan fingerprint density at radius 2 is 2.24 bits per heavy atom. The van der Waals surface area contributed by atoms with E-state index in [2.05, 4.69) is 26.3 Å². The molecule has 25 heavy (non-hydrogen) atoms. The van der Waals surface area contributed by atoms with Crippen molar-refractivity contribution >= 4 is 33.4 Å². The maximum Gasteiger partial charge on any atom is 0.269 e. The monoisotopic (exact) mass is 425 g/mol. The van der Waals surface area contributed by atoms with Gasteiger partial charge in [0.1, 0.15) is 11.4 Å². The minimum atomic E-state index is -0.129. The summed E-state index contributed by atoms with van der Waals surface area (Å²) in [6.45, 7) is 1.02. The molecule has 1 aliphatic carbocycles. The predicted octanol–water partition coefficient (Wildman–Crippen LogP) is 4.04. The molecule has 1 saturated carbocycles. The third kappa shape index (κ3) is 4.76. The molecule has 7 heteroatoms. The highest BCUT2D eigenvalue weighted by atomic mass is 79.9. The Morgan fingerprint density at radius 1 is 1.44 bits per heavy atom. The van der Waals surface area contributed by atoms with Crippen LogP contribution in [0.25, 0.3) is 0 Å². The number of carbonyl (C=O) groups excluding carboxylic acids is 1. The number of nitrogens with zero attached hydrogens (tertiary/aromatic N) is 2. The van der Waals surface area contributed by atoms with Crippen LogP contribution >= 0.6 is 27.5 Å². The first-order valence-corrected chi connectivity index (χ1v) is 9.87. The molecule has 1 aromatic heterocycles. The fourth-order valence-corrected chi connectivity index (χ4v) is 3.05. The molecule has 0 radical (unpaired) electrons. The molecule has 0 unspecified atom stereocenters. The van der Waals surface area contributed by atoms with Crippen LogP contribution in [-0.2, 0) is 13.6 Å². The van der Waals surface area contributed by atoms with E-state index in [1.54, 1.807) is 11.7 Å². The lowest BCUT2D eigenvalue weighted by Gasteiger charge is -2.10. The second kappa shape index (κ2) is 8.23. The fraction of sp³-hybridized carbons (Fsp3) is 0.444. The van der Waals surface area contributed by atoms with Gasteiger partial charge in [-0.15, -0.1) is 0 Å². The molecule has 1 heterocycles. The molecule has 5 nitrogen and oxygen atoms in total. The van der Waals surface area contributed by atoms with Gasteiger partial charge in [-0.3, -0.25) is 9.48 Å². The van der Waals surface area contributed by atoms with Crippen molar-refractivity contribution in [2.24, 2.45) is 7.05 Å². The van der Waals surface area contributed by atoms with Gasteiger partial charge in [-0.2, -0.15) is 5.10 Å². The molecule has 1 fully saturated rings. The zero-order chi connectivity index (χ0) is 17.8. The SMILES string of the molecule is Cn1nc(C2CC2)cc1C(=O)NCc1ccc(OCCCBr)c(Cl)c1. The number of carbonyl (C=O) groups is 1. The predicted molar refractivity (Wildman–Crippen MR) is 102 cm³/mol. The van der Waals surface area contributed by atoms with Crippen LogP contribution in [-0.4, -0.2) is 27.6 Å². The molecule has 0 aliphatic heterocycles. The third-order valence-electron chi connectivity index (χ3n) is 4.11. The van der Waals surface area contributed by atoms with Gasteiger partial charge in [0.15, 0.2) is 0 Å². The number of halogens is 2. The van der Waals surface area contributed by atoms with E-state index in [4.69, 9.17) is 16.3 Å². The van der Waals surface area contributed by atoms with Crippen LogP contribution in [0.2, 0.25) is 5.02 Å². The van der Waals surface area contributed by atoms with E-state index in [1.165, 1.54) is 12.8 Å². The Balaban J connectivity index is 1.57. The van der Waals surface area contributed by atoms with E-state index in [1.807, 2.05) is 24.3 Å². The average molecular weight is 427 g/mol. The first-order chi connectivity index (χ1) is 12.1. The molecule has 0 saturated heterocycles. The maximum absolute atomic E-state index is 12.4. The van der Waals surface area contributed by atoms with Gasteiger partial charge in [-0.25, -0.2) is 0 Å². The summed E-state index contributed by atoms with van der Waals surface area (Å²) in [6.07, 6.45) is 3.25. The molecule has 0 atom stereocenters. The molecule has 0 bridgehead atoms. The van der Waals surface area contributed by atoms with Gasteiger partial charge in [0.25, 0.3) is 5.91 Å². The molecular weight excluding hydrogens is 406 g/mol. The first-order valence-electron chi connectivity index (χ1n) is 8.38. The van der Waals surface area contributed by atoms with Crippen molar-refractivity contribution in [2.45, 2.75) is 31.7 Å². The summed E-state index contributed by atoms with van der Waals surface area (Å²) in [5.41, 5.74) is 2.53. The van der Waals surface area contributed by atoms with Gasteiger partial charge in [0.05, 0.1) is 17.3 Å². The highest BCUT2D eigenvalue weighted by Crippen LogP contribution is 2.39. The van der Waals surface area contributed by atoms with E-state index in [9.17, 15) is 4.79 Å². The van der Waals surface area contributed by atoms with Crippen LogP contribution in [0.5, 0.6) is 5.75 Å². The Morgan fingerprint density at radius 3 is 2.92 bits per heavy atom. The number of hydrogen-bond donors (Lipinski definition) is 1. The summed E-state index contributed by atoms with van der Waals surface area (Å²) in [5, 5.41) is 8.79. The lowest BCUT2D eigenvalue weighted by Crippen LogP contribution is -2.25. The molecule has 1 aromatic carbocycles. The molecule has 134 valence electrons. The van der Waals surface area contributed by atoms with Crippen LogP contribution in [0.3, 0.4) is 0 Å². The van der Waals surface area contributed by atoms with E-state index in [0.717, 1.165) is 23.0 Å². The zero-order valence-electron chi connectivity index (χ0n) is 14.1. The molecule has 0 spiro atoms. The van der Waals surface area contributed by atoms with E-state index >= 15 is 0 Å². The Bertz CT molecular complexity index is 759. The highest BCUT2D eigenvalue weighted by Gasteiger charge is 2.27. The van der Waals surface area contributed by atoms with Crippen LogP contribution in [0, 0.1) is 0 Å². The topological polar surface area (TPSA) is 56.2 Å². The smallest absolute Gasteiger partial charge is 0.269 e. The van der Waals surface area contributed by atoms with E-state index < -0.39 is 0 Å². The molecule has 1 amide bonds. The van der Waals surface area contributed by atoms with Crippen LogP contribution in [0.15, 0.2) is 24.3 Å². The number of benzene rings is 1. The number of hydrogen-bond acceptors (Lipinski definition) is 3. The van der Waals surface area contributed by atoms with Gasteiger partial charge in [0.2, 0.25) is 0 Å². The summed E-state index contributed by atoms with van der Waals surface area (Å²) >= 11 is 9.61. The second-order valence-electron chi connectivity index (χ2n) is 6.19. The van der Waals surface area contributed by atoms with Gasteiger partial charge in [-0.05, 0) is 43.0 Å². The molecule has 3 rings (SSSR count). The van der Waals surface area contributed by atoms with Gasteiger partial charge in [-0.1, -0.05) is 33.6 Å². The Hall–Kier alpha value is -1.53. The zero-order valence-corrected chi connectivity index (χ0v) is 16.4. The van der Waals surface area contributed by atoms with Gasteiger partial charge < -0.3 is 10.1 Å². The Labute approximate surface area is 160 Å². The number of alkyl halides is 1. The summed E-state index contributed by atoms with van der Waals surface area (Å²) in [6, 6.07) is 7.47. The van der Waals surface area contributed by atoms with Crippen molar-refractivity contribution in [3.05, 3.63) is 46.2 Å². The normalized spacial score (nSPS) is 13.7. The average Bonchev–Trinajstić information content (AvgIpc) is 3.37. The van der Waals surface area contributed by atoms with Crippen LogP contribution < -0.4 is 10.1 Å². The summed E-state index contributed by atoms with van der Waals surface area (Å²) in [7, 11) is 1.80. The summed E-state index contributed by atoms with van der Waals surface area (Å²) in [5.74, 6) is 1.07. The number of aryl methyl sites for hydroxylation is 1. The number of aromatic nitrogens is 2. The lowest BCUT2D eigenvalue weighted by atomic mass is 10.2. The third-order valence-corrected chi connectivity index (χ3v) is 4.97. The van der Waals surface area contributed by atoms with Crippen molar-refractivity contribution in [3.8, 4) is 5.75 Å².